The van der Waals surface area contributed by atoms with Crippen LogP contribution in [0, 0.1) is 5.41 Å². The molecule has 2 aromatic heterocycles. The van der Waals surface area contributed by atoms with Crippen molar-refractivity contribution in [3.05, 3.63) is 54.0 Å². The van der Waals surface area contributed by atoms with Crippen molar-refractivity contribution in [2.24, 2.45) is 5.41 Å². The molecule has 0 aliphatic carbocycles. The minimum Gasteiger partial charge on any atom is -0.481 e. The van der Waals surface area contributed by atoms with Gasteiger partial charge in [-0.2, -0.15) is 13.2 Å². The van der Waals surface area contributed by atoms with E-state index in [9.17, 15) is 27.9 Å². The molecule has 1 aromatic carbocycles. The van der Waals surface area contributed by atoms with Crippen LogP contribution >= 0.6 is 0 Å². The molecule has 3 heterocycles. The van der Waals surface area contributed by atoms with Crippen LogP contribution in [0.1, 0.15) is 36.0 Å². The van der Waals surface area contributed by atoms with Gasteiger partial charge < -0.3 is 25.1 Å². The van der Waals surface area contributed by atoms with E-state index < -0.39 is 29.0 Å². The number of nitrogens with one attached hydrogen (secondary N) is 2. The number of amides is 1. The second-order valence-electron chi connectivity index (χ2n) is 8.32. The van der Waals surface area contributed by atoms with Crippen molar-refractivity contribution in [1.29, 1.82) is 0 Å². The van der Waals surface area contributed by atoms with E-state index in [1.807, 2.05) is 4.90 Å². The molecule has 13 heteroatoms. The molecule has 1 fully saturated rings. The molecule has 0 radical (unpaired) electrons. The number of rotatable bonds is 6. The van der Waals surface area contributed by atoms with Gasteiger partial charge in [0.2, 0.25) is 0 Å². The smallest absolute Gasteiger partial charge is 0.416 e. The number of hydrogen-bond acceptors (Lipinski definition) is 8. The van der Waals surface area contributed by atoms with Crippen molar-refractivity contribution in [1.82, 2.24) is 15.2 Å². The summed E-state index contributed by atoms with van der Waals surface area (Å²) in [4.78, 5) is 30.1. The Labute approximate surface area is 197 Å². The number of benzene rings is 1. The van der Waals surface area contributed by atoms with Crippen molar-refractivity contribution in [2.75, 3.05) is 28.6 Å². The van der Waals surface area contributed by atoms with Crippen LogP contribution in [-0.2, 0) is 11.0 Å². The number of carbonyl (C=O) groups excluding carboxylic acids is 1. The Hall–Kier alpha value is -4.16. The highest BCUT2D eigenvalue weighted by Gasteiger charge is 2.37. The number of anilines is 4. The van der Waals surface area contributed by atoms with Gasteiger partial charge in [-0.05, 0) is 56.2 Å². The highest BCUT2D eigenvalue weighted by Crippen LogP contribution is 2.33. The summed E-state index contributed by atoms with van der Waals surface area (Å²) in [7, 11) is 0. The molecule has 10 nitrogen and oxygen atoms in total. The van der Waals surface area contributed by atoms with Crippen molar-refractivity contribution >= 4 is 35.1 Å². The molecule has 0 atom stereocenters. The number of halogens is 3. The molecule has 0 unspecified atom stereocenters. The van der Waals surface area contributed by atoms with Crippen LogP contribution in [-0.4, -0.2) is 45.3 Å². The zero-order chi connectivity index (χ0) is 25.2. The summed E-state index contributed by atoms with van der Waals surface area (Å²) >= 11 is 0. The van der Waals surface area contributed by atoms with Gasteiger partial charge in [-0.25, -0.2) is 4.98 Å². The number of nitrogens with zero attached hydrogens (tertiary/aromatic N) is 4. The fourth-order valence-corrected chi connectivity index (χ4v) is 3.51. The third kappa shape index (κ3) is 5.50. The van der Waals surface area contributed by atoms with Gasteiger partial charge in [-0.3, -0.25) is 9.59 Å². The number of pyridine rings is 1. The Morgan fingerprint density at radius 3 is 2.29 bits per heavy atom. The van der Waals surface area contributed by atoms with E-state index >= 15 is 0 Å². The third-order valence-corrected chi connectivity index (χ3v) is 5.80. The predicted molar refractivity (Wildman–Crippen MR) is 118 cm³/mol. The number of alkyl halides is 3. The first-order chi connectivity index (χ1) is 16.5. The SMILES string of the molecule is CC1(C(=O)O)CCN(c2ccc(NC(=O)c3nnc(Nc4ccc(C(F)(F)F)cc4)o3)cn2)CC1. The molecular formula is C22H21F3N6O4. The molecule has 184 valence electrons. The summed E-state index contributed by atoms with van der Waals surface area (Å²) in [5, 5.41) is 21.9. The van der Waals surface area contributed by atoms with E-state index in [1.54, 1.807) is 19.1 Å². The van der Waals surface area contributed by atoms with Crippen LogP contribution in [0.25, 0.3) is 0 Å². The zero-order valence-corrected chi connectivity index (χ0v) is 18.5. The van der Waals surface area contributed by atoms with Gasteiger partial charge in [0.15, 0.2) is 0 Å². The van der Waals surface area contributed by atoms with E-state index in [2.05, 4.69) is 25.8 Å². The maximum atomic E-state index is 12.7. The molecular weight excluding hydrogens is 469 g/mol. The number of aromatic nitrogens is 3. The molecule has 1 aliphatic heterocycles. The van der Waals surface area contributed by atoms with E-state index in [-0.39, 0.29) is 17.6 Å². The van der Waals surface area contributed by atoms with Crippen LogP contribution in [0.2, 0.25) is 0 Å². The lowest BCUT2D eigenvalue weighted by atomic mass is 9.80. The number of carboxylic acids is 1. The largest absolute Gasteiger partial charge is 0.481 e. The molecule has 4 rings (SSSR count). The summed E-state index contributed by atoms with van der Waals surface area (Å²) in [6, 6.07) is 7.39. The molecule has 3 aromatic rings. The van der Waals surface area contributed by atoms with Crippen molar-refractivity contribution in [3.8, 4) is 0 Å². The van der Waals surface area contributed by atoms with Gasteiger partial charge in [0.1, 0.15) is 5.82 Å². The van der Waals surface area contributed by atoms with E-state index in [1.165, 1.54) is 18.3 Å². The lowest BCUT2D eigenvalue weighted by molar-refractivity contribution is -0.149. The zero-order valence-electron chi connectivity index (χ0n) is 18.5. The van der Waals surface area contributed by atoms with Crippen molar-refractivity contribution in [3.63, 3.8) is 0 Å². The minimum atomic E-state index is -4.45. The number of piperidine rings is 1. The lowest BCUT2D eigenvalue weighted by Gasteiger charge is -2.37. The number of carboxylic acid groups (broad SMARTS) is 1. The molecule has 0 spiro atoms. The molecule has 0 bridgehead atoms. The fourth-order valence-electron chi connectivity index (χ4n) is 3.51. The lowest BCUT2D eigenvalue weighted by Crippen LogP contribution is -2.43. The molecule has 1 aliphatic rings. The molecule has 35 heavy (non-hydrogen) atoms. The Kier molecular flexibility index (Phi) is 6.33. The van der Waals surface area contributed by atoms with Crippen LogP contribution < -0.4 is 15.5 Å². The highest BCUT2D eigenvalue weighted by atomic mass is 19.4. The topological polar surface area (TPSA) is 133 Å². The quantitative estimate of drug-likeness (QED) is 0.465. The monoisotopic (exact) mass is 490 g/mol. The molecule has 0 saturated carbocycles. The average Bonchev–Trinajstić information content (AvgIpc) is 3.28. The average molecular weight is 490 g/mol. The Morgan fingerprint density at radius 1 is 1.06 bits per heavy atom. The van der Waals surface area contributed by atoms with Crippen LogP contribution in [0.5, 0.6) is 0 Å². The summed E-state index contributed by atoms with van der Waals surface area (Å²) in [5.41, 5.74) is -0.891. The van der Waals surface area contributed by atoms with Gasteiger partial charge in [-0.1, -0.05) is 5.10 Å². The highest BCUT2D eigenvalue weighted by molar-refractivity contribution is 6.00. The van der Waals surface area contributed by atoms with Crippen molar-refractivity contribution in [2.45, 2.75) is 25.9 Å². The first kappa shape index (κ1) is 24.0. The predicted octanol–water partition coefficient (Wildman–Crippen LogP) is 4.17. The molecule has 3 N–H and O–H groups in total. The second-order valence-corrected chi connectivity index (χ2v) is 8.32. The van der Waals surface area contributed by atoms with E-state index in [0.29, 0.717) is 37.4 Å². The molecule has 1 amide bonds. The number of carbonyl (C=O) groups is 2. The van der Waals surface area contributed by atoms with Crippen molar-refractivity contribution < 1.29 is 32.3 Å². The number of aliphatic carboxylic acids is 1. The van der Waals surface area contributed by atoms with Crippen LogP contribution in [0.4, 0.5) is 36.4 Å². The standard InChI is InChI=1S/C22H21F3N6O4/c1-21(19(33)34)8-10-31(11-9-21)16-7-6-15(12-26-16)27-17(32)18-29-30-20(35-18)28-14-4-2-13(3-5-14)22(23,24)25/h2-7,12H,8-11H2,1H3,(H,27,32)(H,28,30)(H,33,34). The van der Waals surface area contributed by atoms with Gasteiger partial charge in [0.05, 0.1) is 22.9 Å². The summed E-state index contributed by atoms with van der Waals surface area (Å²) in [6.07, 6.45) is -1.99. The fraction of sp³-hybridized carbons (Fsp3) is 0.318. The Morgan fingerprint density at radius 2 is 1.71 bits per heavy atom. The Balaban J connectivity index is 1.33. The second kappa shape index (κ2) is 9.24. The first-order valence-electron chi connectivity index (χ1n) is 10.6. The van der Waals surface area contributed by atoms with Gasteiger partial charge in [-0.15, -0.1) is 5.10 Å². The Bertz CT molecular complexity index is 1200. The van der Waals surface area contributed by atoms with Gasteiger partial charge in [0, 0.05) is 18.8 Å². The maximum Gasteiger partial charge on any atom is 0.416 e. The summed E-state index contributed by atoms with van der Waals surface area (Å²) in [5.74, 6) is -1.19. The summed E-state index contributed by atoms with van der Waals surface area (Å²) < 4.78 is 43.2. The third-order valence-electron chi connectivity index (χ3n) is 5.80. The van der Waals surface area contributed by atoms with E-state index in [4.69, 9.17) is 4.42 Å². The first-order valence-corrected chi connectivity index (χ1v) is 10.6. The maximum absolute atomic E-state index is 12.7. The molecule has 1 saturated heterocycles. The summed E-state index contributed by atoms with van der Waals surface area (Å²) in [6.45, 7) is 2.84. The van der Waals surface area contributed by atoms with E-state index in [0.717, 1.165) is 12.1 Å². The normalized spacial score (nSPS) is 15.5. The van der Waals surface area contributed by atoms with Crippen LogP contribution in [0.3, 0.4) is 0 Å². The minimum absolute atomic E-state index is 0.165. The number of hydrogen-bond donors (Lipinski definition) is 3. The van der Waals surface area contributed by atoms with Crippen LogP contribution in [0.15, 0.2) is 47.0 Å². The van der Waals surface area contributed by atoms with Gasteiger partial charge >= 0.3 is 30.0 Å². The van der Waals surface area contributed by atoms with Gasteiger partial charge in [0.25, 0.3) is 0 Å².